The van der Waals surface area contributed by atoms with Gasteiger partial charge in [-0.15, -0.1) is 0 Å². The highest BCUT2D eigenvalue weighted by Gasteiger charge is 2.53. The van der Waals surface area contributed by atoms with Crippen molar-refractivity contribution in [1.29, 1.82) is 0 Å². The largest absolute Gasteiger partial charge is 0.310 e. The van der Waals surface area contributed by atoms with E-state index in [0.29, 0.717) is 0 Å². The molecule has 0 fully saturated rings. The van der Waals surface area contributed by atoms with Crippen LogP contribution < -0.4 is 4.90 Å². The topological polar surface area (TPSA) is 3.24 Å². The first kappa shape index (κ1) is 33.3. The molecule has 0 N–H and O–H groups in total. The number of benzene rings is 11. The SMILES string of the molecule is c1ccc2c(c1)-c1ccccc1C21c2ccccc2-c2cccc(N(c3ccc(-c4cccc5ccccc45)cc3)c3ccc4c5ccccc5c5ccccc5c4c3)c21. The predicted octanol–water partition coefficient (Wildman–Crippen LogP) is 15.8. The number of rotatable bonds is 4. The van der Waals surface area contributed by atoms with Gasteiger partial charge in [0.2, 0.25) is 0 Å². The van der Waals surface area contributed by atoms with Crippen LogP contribution in [0.15, 0.2) is 224 Å². The van der Waals surface area contributed by atoms with Crippen LogP contribution in [0.4, 0.5) is 17.1 Å². The van der Waals surface area contributed by atoms with E-state index < -0.39 is 5.41 Å². The van der Waals surface area contributed by atoms with Crippen molar-refractivity contribution in [2.45, 2.75) is 5.41 Å². The van der Waals surface area contributed by atoms with Crippen LogP contribution in [0, 0.1) is 0 Å². The Morgan fingerprint density at radius 1 is 0.283 bits per heavy atom. The highest BCUT2D eigenvalue weighted by atomic mass is 15.1. The summed E-state index contributed by atoms with van der Waals surface area (Å²) in [5, 5.41) is 10.1. The van der Waals surface area contributed by atoms with Crippen LogP contribution in [0.1, 0.15) is 22.3 Å². The van der Waals surface area contributed by atoms with E-state index in [1.807, 2.05) is 0 Å². The van der Waals surface area contributed by atoms with Crippen molar-refractivity contribution in [3.63, 3.8) is 0 Å². The molecular weight excluding hydrogens is 723 g/mol. The van der Waals surface area contributed by atoms with Crippen molar-refractivity contribution in [3.8, 4) is 33.4 Å². The molecule has 1 spiro atoms. The maximum absolute atomic E-state index is 2.53. The quantitative estimate of drug-likeness (QED) is 0.162. The van der Waals surface area contributed by atoms with Crippen molar-refractivity contribution < 1.29 is 0 Å². The third-order valence-electron chi connectivity index (χ3n) is 13.4. The molecule has 1 heteroatoms. The minimum Gasteiger partial charge on any atom is -0.310 e. The second kappa shape index (κ2) is 12.6. The lowest BCUT2D eigenvalue weighted by atomic mass is 9.70. The van der Waals surface area contributed by atoms with E-state index in [9.17, 15) is 0 Å². The van der Waals surface area contributed by atoms with Gasteiger partial charge in [-0.25, -0.2) is 0 Å². The number of anilines is 3. The molecule has 0 aromatic heterocycles. The maximum Gasteiger partial charge on any atom is 0.0746 e. The first-order valence-corrected chi connectivity index (χ1v) is 20.9. The molecule has 0 amide bonds. The molecule has 0 radical (unpaired) electrons. The molecule has 13 rings (SSSR count). The van der Waals surface area contributed by atoms with Crippen LogP contribution in [0.2, 0.25) is 0 Å². The van der Waals surface area contributed by atoms with Gasteiger partial charge < -0.3 is 4.90 Å². The van der Waals surface area contributed by atoms with Gasteiger partial charge in [0, 0.05) is 16.9 Å². The molecule has 278 valence electrons. The second-order valence-electron chi connectivity index (χ2n) is 16.3. The molecule has 0 aliphatic heterocycles. The fraction of sp³-hybridized carbons (Fsp3) is 0.0169. The summed E-state index contributed by atoms with van der Waals surface area (Å²) < 4.78 is 0. The monoisotopic (exact) mass is 759 g/mol. The maximum atomic E-state index is 2.53. The normalized spacial score (nSPS) is 13.1. The van der Waals surface area contributed by atoms with E-state index in [2.05, 4.69) is 229 Å². The average molecular weight is 760 g/mol. The summed E-state index contributed by atoms with van der Waals surface area (Å²) in [6.07, 6.45) is 0. The fourth-order valence-corrected chi connectivity index (χ4v) is 11.0. The lowest BCUT2D eigenvalue weighted by Gasteiger charge is -2.36. The predicted molar refractivity (Wildman–Crippen MR) is 253 cm³/mol. The number of fused-ring (bicyclic) bond motifs is 17. The van der Waals surface area contributed by atoms with Crippen LogP contribution in [0.25, 0.3) is 76.5 Å². The lowest BCUT2D eigenvalue weighted by Crippen LogP contribution is -2.28. The van der Waals surface area contributed by atoms with Crippen molar-refractivity contribution in [3.05, 3.63) is 247 Å². The molecule has 0 heterocycles. The van der Waals surface area contributed by atoms with Gasteiger partial charge in [0.1, 0.15) is 0 Å². The highest BCUT2D eigenvalue weighted by Crippen LogP contribution is 2.65. The Kier molecular flexibility index (Phi) is 7.00. The molecule has 1 nitrogen and oxygen atoms in total. The van der Waals surface area contributed by atoms with Crippen molar-refractivity contribution >= 4 is 60.2 Å². The highest BCUT2D eigenvalue weighted by molar-refractivity contribution is 6.26. The molecular formula is C59H37N. The van der Waals surface area contributed by atoms with Crippen LogP contribution >= 0.6 is 0 Å². The van der Waals surface area contributed by atoms with Gasteiger partial charge in [-0.3, -0.25) is 0 Å². The average Bonchev–Trinajstić information content (AvgIpc) is 3.80. The third-order valence-corrected chi connectivity index (χ3v) is 13.4. The van der Waals surface area contributed by atoms with Crippen LogP contribution in [-0.2, 0) is 5.41 Å². The van der Waals surface area contributed by atoms with E-state index in [1.54, 1.807) is 0 Å². The van der Waals surface area contributed by atoms with Gasteiger partial charge in [-0.1, -0.05) is 194 Å². The van der Waals surface area contributed by atoms with Gasteiger partial charge in [-0.05, 0) is 123 Å². The molecule has 0 bridgehead atoms. The Morgan fingerprint density at radius 3 is 1.35 bits per heavy atom. The van der Waals surface area contributed by atoms with E-state index in [-0.39, 0.29) is 0 Å². The smallest absolute Gasteiger partial charge is 0.0746 e. The van der Waals surface area contributed by atoms with Gasteiger partial charge >= 0.3 is 0 Å². The van der Waals surface area contributed by atoms with Crippen molar-refractivity contribution in [2.24, 2.45) is 0 Å². The van der Waals surface area contributed by atoms with Gasteiger partial charge in [-0.2, -0.15) is 0 Å². The summed E-state index contributed by atoms with van der Waals surface area (Å²) in [6, 6.07) is 83.7. The van der Waals surface area contributed by atoms with Crippen LogP contribution in [0.5, 0.6) is 0 Å². The number of hydrogen-bond acceptors (Lipinski definition) is 1. The molecule has 0 atom stereocenters. The zero-order valence-corrected chi connectivity index (χ0v) is 32.8. The lowest BCUT2D eigenvalue weighted by molar-refractivity contribution is 0.793. The molecule has 60 heavy (non-hydrogen) atoms. The summed E-state index contributed by atoms with van der Waals surface area (Å²) in [4.78, 5) is 2.53. The third kappa shape index (κ3) is 4.47. The Hall–Kier alpha value is -7.74. The standard InChI is InChI=1S/C59H37N/c1-2-17-42-38(15-1)16-13-25-43(42)39-31-33-40(34-32-39)60(41-35-36-48-46-20-4-3-18-44(46)45-19-5-6-21-47(45)53(48)37-41)57-30-14-26-52-51-24-9-12-29-56(51)59(58(52)57)54-27-10-7-22-49(54)50-23-8-11-28-55(50)59/h1-37H. The summed E-state index contributed by atoms with van der Waals surface area (Å²) in [5.41, 5.74) is 15.9. The summed E-state index contributed by atoms with van der Waals surface area (Å²) in [7, 11) is 0. The fourth-order valence-electron chi connectivity index (χ4n) is 11.0. The van der Waals surface area contributed by atoms with Crippen LogP contribution in [0.3, 0.4) is 0 Å². The van der Waals surface area contributed by atoms with E-state index in [1.165, 1.54) is 104 Å². The summed E-state index contributed by atoms with van der Waals surface area (Å²) in [5.74, 6) is 0. The first-order chi connectivity index (χ1) is 29.8. The van der Waals surface area contributed by atoms with E-state index in [4.69, 9.17) is 0 Å². The number of hydrogen-bond donors (Lipinski definition) is 0. The summed E-state index contributed by atoms with van der Waals surface area (Å²) in [6.45, 7) is 0. The Balaban J connectivity index is 1.12. The van der Waals surface area contributed by atoms with Gasteiger partial charge in [0.25, 0.3) is 0 Å². The van der Waals surface area contributed by atoms with Crippen LogP contribution in [-0.4, -0.2) is 0 Å². The minimum absolute atomic E-state index is 0.503. The van der Waals surface area contributed by atoms with E-state index >= 15 is 0 Å². The molecule has 0 unspecified atom stereocenters. The molecule has 0 saturated heterocycles. The Bertz CT molecular complexity index is 3450. The van der Waals surface area contributed by atoms with Gasteiger partial charge in [0.05, 0.1) is 11.1 Å². The molecule has 0 saturated carbocycles. The first-order valence-electron chi connectivity index (χ1n) is 20.9. The number of nitrogens with zero attached hydrogens (tertiary/aromatic N) is 1. The Labute approximate surface area is 349 Å². The molecule has 11 aromatic carbocycles. The molecule has 2 aliphatic carbocycles. The second-order valence-corrected chi connectivity index (χ2v) is 16.3. The zero-order chi connectivity index (χ0) is 39.4. The molecule has 11 aromatic rings. The van der Waals surface area contributed by atoms with E-state index in [0.717, 1.165) is 11.4 Å². The minimum atomic E-state index is -0.503. The Morgan fingerprint density at radius 2 is 0.717 bits per heavy atom. The van der Waals surface area contributed by atoms with Gasteiger partial charge in [0.15, 0.2) is 0 Å². The summed E-state index contributed by atoms with van der Waals surface area (Å²) >= 11 is 0. The molecule has 2 aliphatic rings. The van der Waals surface area contributed by atoms with Crippen molar-refractivity contribution in [1.82, 2.24) is 0 Å². The zero-order valence-electron chi connectivity index (χ0n) is 32.8. The van der Waals surface area contributed by atoms with Crippen molar-refractivity contribution in [2.75, 3.05) is 4.90 Å².